The van der Waals surface area contributed by atoms with E-state index in [0.29, 0.717) is 42.0 Å². The molecule has 0 aliphatic carbocycles. The minimum absolute atomic E-state index is 0.196. The minimum Gasteiger partial charge on any atom is -0.455 e. The molecule has 5 rings (SSSR count). The molecule has 4 aromatic heterocycles. The van der Waals surface area contributed by atoms with Gasteiger partial charge in [-0.25, -0.2) is 9.78 Å². The van der Waals surface area contributed by atoms with Crippen LogP contribution in [0.4, 0.5) is 0 Å². The second-order valence-electron chi connectivity index (χ2n) is 7.75. The van der Waals surface area contributed by atoms with Crippen molar-refractivity contribution < 1.29 is 9.47 Å². The van der Waals surface area contributed by atoms with Gasteiger partial charge in [-0.1, -0.05) is 0 Å². The number of H-pyrrole nitrogens is 1. The zero-order valence-electron chi connectivity index (χ0n) is 17.9. The van der Waals surface area contributed by atoms with Crippen molar-refractivity contribution in [2.75, 3.05) is 13.2 Å². The van der Waals surface area contributed by atoms with Gasteiger partial charge in [0.05, 0.1) is 17.6 Å². The van der Waals surface area contributed by atoms with Crippen molar-refractivity contribution in [1.29, 1.82) is 0 Å². The smallest absolute Gasteiger partial charge is 0.349 e. The van der Waals surface area contributed by atoms with E-state index in [0.717, 1.165) is 24.1 Å². The lowest BCUT2D eigenvalue weighted by Gasteiger charge is -2.19. The van der Waals surface area contributed by atoms with E-state index in [1.165, 1.54) is 4.68 Å². The summed E-state index contributed by atoms with van der Waals surface area (Å²) in [4.78, 5) is 24.3. The van der Waals surface area contributed by atoms with Crippen molar-refractivity contribution in [2.45, 2.75) is 25.7 Å². The second-order valence-corrected chi connectivity index (χ2v) is 7.75. The van der Waals surface area contributed by atoms with Crippen molar-refractivity contribution in [3.05, 3.63) is 64.9 Å². The molecule has 1 saturated heterocycles. The van der Waals surface area contributed by atoms with E-state index in [4.69, 9.17) is 9.47 Å². The summed E-state index contributed by atoms with van der Waals surface area (Å²) < 4.78 is 14.5. The number of nitrogens with zero attached hydrogens (tertiary/aromatic N) is 6. The summed E-state index contributed by atoms with van der Waals surface area (Å²) in [7, 11) is 1.86. The molecule has 164 valence electrons. The predicted molar refractivity (Wildman–Crippen MR) is 116 cm³/mol. The van der Waals surface area contributed by atoms with Crippen LogP contribution in [0.25, 0.3) is 17.1 Å². The van der Waals surface area contributed by atoms with Crippen LogP contribution < -0.4 is 10.4 Å². The topological polar surface area (TPSA) is 113 Å². The Morgan fingerprint density at radius 1 is 1.22 bits per heavy atom. The third kappa shape index (κ3) is 4.04. The number of aromatic amines is 1. The number of pyridine rings is 2. The third-order valence-corrected chi connectivity index (χ3v) is 5.44. The maximum atomic E-state index is 12.5. The second kappa shape index (κ2) is 8.39. The molecule has 0 bridgehead atoms. The number of rotatable bonds is 5. The molecule has 5 heterocycles. The molecule has 0 aromatic carbocycles. The molecule has 1 fully saturated rings. The van der Waals surface area contributed by atoms with Gasteiger partial charge in [-0.3, -0.25) is 14.6 Å². The zero-order chi connectivity index (χ0) is 22.1. The molecular weight excluding hydrogens is 410 g/mol. The van der Waals surface area contributed by atoms with E-state index in [1.807, 2.05) is 26.2 Å². The fourth-order valence-corrected chi connectivity index (χ4v) is 3.72. The maximum Gasteiger partial charge on any atom is 0.349 e. The highest BCUT2D eigenvalue weighted by molar-refractivity contribution is 5.58. The Morgan fingerprint density at radius 2 is 2.06 bits per heavy atom. The fourth-order valence-electron chi connectivity index (χ4n) is 3.72. The van der Waals surface area contributed by atoms with Gasteiger partial charge in [0.15, 0.2) is 5.82 Å². The number of nitrogens with one attached hydrogen (secondary N) is 1. The van der Waals surface area contributed by atoms with E-state index in [2.05, 4.69) is 25.1 Å². The quantitative estimate of drug-likeness (QED) is 0.515. The fraction of sp³-hybridized carbons (Fsp3) is 0.318. The van der Waals surface area contributed by atoms with Gasteiger partial charge >= 0.3 is 5.69 Å². The van der Waals surface area contributed by atoms with E-state index < -0.39 is 0 Å². The summed E-state index contributed by atoms with van der Waals surface area (Å²) in [6.07, 6.45) is 7.03. The average Bonchev–Trinajstić information content (AvgIpc) is 3.42. The third-order valence-electron chi connectivity index (χ3n) is 5.44. The van der Waals surface area contributed by atoms with Gasteiger partial charge < -0.3 is 9.47 Å². The molecule has 32 heavy (non-hydrogen) atoms. The summed E-state index contributed by atoms with van der Waals surface area (Å²) in [6, 6.07) is 7.15. The van der Waals surface area contributed by atoms with Gasteiger partial charge in [0.2, 0.25) is 0 Å². The lowest BCUT2D eigenvalue weighted by molar-refractivity contribution is 0.0836. The molecule has 10 heteroatoms. The summed E-state index contributed by atoms with van der Waals surface area (Å²) in [6.45, 7) is 3.19. The zero-order valence-corrected chi connectivity index (χ0v) is 17.9. The highest BCUT2D eigenvalue weighted by atomic mass is 16.5. The van der Waals surface area contributed by atoms with Gasteiger partial charge in [-0.05, 0) is 38.0 Å². The van der Waals surface area contributed by atoms with Crippen molar-refractivity contribution in [1.82, 2.24) is 34.5 Å². The van der Waals surface area contributed by atoms with E-state index in [1.54, 1.807) is 35.3 Å². The molecule has 10 nitrogen and oxygen atoms in total. The first kappa shape index (κ1) is 20.1. The van der Waals surface area contributed by atoms with Crippen LogP contribution in [-0.2, 0) is 11.8 Å². The molecule has 0 spiro atoms. The summed E-state index contributed by atoms with van der Waals surface area (Å²) >= 11 is 0. The highest BCUT2D eigenvalue weighted by Gasteiger charge is 2.21. The number of aromatic nitrogens is 7. The summed E-state index contributed by atoms with van der Waals surface area (Å²) in [5.74, 6) is 2.54. The molecule has 4 aromatic rings. The normalized spacial score (nSPS) is 14.6. The standard InChI is InChI=1S/C22H23N7O3/c1-14-19(32-17-5-8-23-18(11-17)16-12-24-28(2)13-16)3-4-20(25-14)29-22(30)26-21(27-29)15-6-9-31-10-7-15/h3-5,8,11-13,15H,6-7,9-10H2,1-2H3,(H,26,27,30). The van der Waals surface area contributed by atoms with E-state index >= 15 is 0 Å². The summed E-state index contributed by atoms with van der Waals surface area (Å²) in [5.41, 5.74) is 2.01. The first-order valence-corrected chi connectivity index (χ1v) is 10.4. The number of hydrogen-bond acceptors (Lipinski definition) is 7. The molecule has 0 atom stereocenters. The Labute approximate surface area is 183 Å². The number of aryl methyl sites for hydroxylation is 2. The van der Waals surface area contributed by atoms with Crippen LogP contribution in [0.2, 0.25) is 0 Å². The van der Waals surface area contributed by atoms with Gasteiger partial charge in [0.25, 0.3) is 0 Å². The van der Waals surface area contributed by atoms with Crippen LogP contribution >= 0.6 is 0 Å². The van der Waals surface area contributed by atoms with Crippen LogP contribution in [0, 0.1) is 6.92 Å². The van der Waals surface area contributed by atoms with Crippen LogP contribution in [-0.4, -0.2) is 47.7 Å². The van der Waals surface area contributed by atoms with Gasteiger partial charge in [0.1, 0.15) is 17.3 Å². The molecule has 0 saturated carbocycles. The molecule has 0 amide bonds. The highest BCUT2D eigenvalue weighted by Crippen LogP contribution is 2.28. The van der Waals surface area contributed by atoms with Crippen LogP contribution in [0.3, 0.4) is 0 Å². The Morgan fingerprint density at radius 3 is 2.81 bits per heavy atom. The minimum atomic E-state index is -0.303. The van der Waals surface area contributed by atoms with Gasteiger partial charge in [-0.2, -0.15) is 9.78 Å². The predicted octanol–water partition coefficient (Wildman–Crippen LogP) is 2.75. The first-order valence-electron chi connectivity index (χ1n) is 10.4. The van der Waals surface area contributed by atoms with Crippen LogP contribution in [0.5, 0.6) is 11.5 Å². The van der Waals surface area contributed by atoms with Gasteiger partial charge in [0, 0.05) is 50.2 Å². The van der Waals surface area contributed by atoms with Crippen LogP contribution in [0.15, 0.2) is 47.7 Å². The maximum absolute atomic E-state index is 12.5. The molecule has 0 radical (unpaired) electrons. The monoisotopic (exact) mass is 433 g/mol. The SMILES string of the molecule is Cc1nc(-n2nc(C3CCOCC3)[nH]c2=O)ccc1Oc1ccnc(-c2cnn(C)c2)c1. The molecular formula is C22H23N7O3. The van der Waals surface area contributed by atoms with Crippen molar-refractivity contribution >= 4 is 0 Å². The lowest BCUT2D eigenvalue weighted by atomic mass is 10.00. The van der Waals surface area contributed by atoms with E-state index in [-0.39, 0.29) is 11.6 Å². The molecule has 1 aliphatic heterocycles. The first-order chi connectivity index (χ1) is 15.6. The van der Waals surface area contributed by atoms with Crippen LogP contribution in [0.1, 0.15) is 30.3 Å². The Hall–Kier alpha value is -3.79. The van der Waals surface area contributed by atoms with Crippen molar-refractivity contribution in [2.24, 2.45) is 7.05 Å². The average molecular weight is 433 g/mol. The largest absolute Gasteiger partial charge is 0.455 e. The Kier molecular flexibility index (Phi) is 5.28. The molecule has 0 unspecified atom stereocenters. The number of ether oxygens (including phenoxy) is 2. The van der Waals surface area contributed by atoms with Crippen molar-refractivity contribution in [3.8, 4) is 28.6 Å². The summed E-state index contributed by atoms with van der Waals surface area (Å²) in [5, 5.41) is 8.66. The molecule has 1 N–H and O–H groups in total. The van der Waals surface area contributed by atoms with E-state index in [9.17, 15) is 4.79 Å². The Bertz CT molecular complexity index is 1300. The lowest BCUT2D eigenvalue weighted by Crippen LogP contribution is -2.17. The van der Waals surface area contributed by atoms with Crippen molar-refractivity contribution in [3.63, 3.8) is 0 Å². The Balaban J connectivity index is 1.37. The van der Waals surface area contributed by atoms with Gasteiger partial charge in [-0.15, -0.1) is 5.10 Å². The molecule has 1 aliphatic rings. The number of hydrogen-bond donors (Lipinski definition) is 1.